The molecule has 2 heterocycles. The number of carbonyl (C=O) groups excluding carboxylic acids is 1. The van der Waals surface area contributed by atoms with E-state index in [-0.39, 0.29) is 12.2 Å². The van der Waals surface area contributed by atoms with Crippen LogP contribution in [0.1, 0.15) is 59.3 Å². The first-order valence-electron chi connectivity index (χ1n) is 8.79. The van der Waals surface area contributed by atoms with Crippen molar-refractivity contribution in [1.29, 1.82) is 0 Å². The molecule has 122 valence electrons. The number of nitrogens with zero attached hydrogens (tertiary/aromatic N) is 2. The molecule has 3 atom stereocenters. The summed E-state index contributed by atoms with van der Waals surface area (Å²) in [6, 6.07) is 0.607. The standard InChI is InChI=1S/C17H33N3O/c1-5-6-9-15-17(21)20(16(18-15)11-13(2)3)12-14-8-7-10-19(14)4/h13-16,18H,5-12H2,1-4H3. The predicted octanol–water partition coefficient (Wildman–Crippen LogP) is 2.44. The molecule has 0 bridgehead atoms. The molecule has 2 aliphatic rings. The molecular weight excluding hydrogens is 262 g/mol. The second kappa shape index (κ2) is 7.59. The summed E-state index contributed by atoms with van der Waals surface area (Å²) < 4.78 is 0. The van der Waals surface area contributed by atoms with Crippen LogP contribution >= 0.6 is 0 Å². The molecular formula is C17H33N3O. The van der Waals surface area contributed by atoms with Crippen molar-refractivity contribution in [2.45, 2.75) is 77.5 Å². The lowest BCUT2D eigenvalue weighted by Crippen LogP contribution is -2.45. The minimum atomic E-state index is 0.0559. The Morgan fingerprint density at radius 3 is 2.71 bits per heavy atom. The van der Waals surface area contributed by atoms with Gasteiger partial charge >= 0.3 is 0 Å². The first-order chi connectivity index (χ1) is 10.0. The SMILES string of the molecule is CCCCC1NC(CC(C)C)N(CC2CCCN2C)C1=O. The summed E-state index contributed by atoms with van der Waals surface area (Å²) in [6.45, 7) is 8.75. The van der Waals surface area contributed by atoms with Gasteiger partial charge in [0.15, 0.2) is 0 Å². The fourth-order valence-corrected chi connectivity index (χ4v) is 3.66. The fourth-order valence-electron chi connectivity index (χ4n) is 3.66. The van der Waals surface area contributed by atoms with E-state index in [0.29, 0.717) is 17.9 Å². The molecule has 2 saturated heterocycles. The van der Waals surface area contributed by atoms with E-state index in [4.69, 9.17) is 0 Å². The molecule has 2 fully saturated rings. The lowest BCUT2D eigenvalue weighted by Gasteiger charge is -2.30. The Balaban J connectivity index is 2.00. The summed E-state index contributed by atoms with van der Waals surface area (Å²) in [5.41, 5.74) is 0. The average Bonchev–Trinajstić information content (AvgIpc) is 2.95. The van der Waals surface area contributed by atoms with Gasteiger partial charge in [-0.25, -0.2) is 0 Å². The van der Waals surface area contributed by atoms with Crippen molar-refractivity contribution in [2.24, 2.45) is 5.92 Å². The highest BCUT2D eigenvalue weighted by Crippen LogP contribution is 2.24. The van der Waals surface area contributed by atoms with Gasteiger partial charge in [0.1, 0.15) is 0 Å². The third kappa shape index (κ3) is 4.19. The fraction of sp³-hybridized carbons (Fsp3) is 0.941. The Kier molecular flexibility index (Phi) is 6.06. The Morgan fingerprint density at radius 2 is 2.14 bits per heavy atom. The number of hydrogen-bond donors (Lipinski definition) is 1. The van der Waals surface area contributed by atoms with Crippen LogP contribution in [0.4, 0.5) is 0 Å². The van der Waals surface area contributed by atoms with Gasteiger partial charge in [0, 0.05) is 12.6 Å². The minimum absolute atomic E-state index is 0.0559. The monoisotopic (exact) mass is 295 g/mol. The molecule has 0 aromatic carbocycles. The zero-order chi connectivity index (χ0) is 15.4. The topological polar surface area (TPSA) is 35.6 Å². The van der Waals surface area contributed by atoms with Crippen LogP contribution in [0.2, 0.25) is 0 Å². The summed E-state index contributed by atoms with van der Waals surface area (Å²) in [6.07, 6.45) is 7.08. The number of hydrogen-bond acceptors (Lipinski definition) is 3. The molecule has 0 spiro atoms. The Bertz CT molecular complexity index is 345. The number of carbonyl (C=O) groups is 1. The molecule has 3 unspecified atom stereocenters. The molecule has 0 aliphatic carbocycles. The summed E-state index contributed by atoms with van der Waals surface area (Å²) in [5.74, 6) is 0.957. The van der Waals surface area contributed by atoms with Gasteiger partial charge in [-0.05, 0) is 45.2 Å². The number of unbranched alkanes of at least 4 members (excludes halogenated alkanes) is 1. The first kappa shape index (κ1) is 16.8. The molecule has 4 heteroatoms. The highest BCUT2D eigenvalue weighted by atomic mass is 16.2. The van der Waals surface area contributed by atoms with Gasteiger partial charge in [-0.1, -0.05) is 33.6 Å². The molecule has 0 saturated carbocycles. The van der Waals surface area contributed by atoms with Crippen LogP contribution in [0.15, 0.2) is 0 Å². The van der Waals surface area contributed by atoms with Crippen LogP contribution in [-0.4, -0.2) is 54.1 Å². The molecule has 2 rings (SSSR count). The van der Waals surface area contributed by atoms with Gasteiger partial charge in [0.2, 0.25) is 5.91 Å². The lowest BCUT2D eigenvalue weighted by atomic mass is 10.1. The van der Waals surface area contributed by atoms with Crippen molar-refractivity contribution in [3.8, 4) is 0 Å². The second-order valence-corrected chi connectivity index (χ2v) is 7.27. The molecule has 0 aromatic rings. The maximum Gasteiger partial charge on any atom is 0.241 e. The quantitative estimate of drug-likeness (QED) is 0.783. The van der Waals surface area contributed by atoms with E-state index in [1.165, 1.54) is 19.4 Å². The Morgan fingerprint density at radius 1 is 1.38 bits per heavy atom. The third-order valence-electron chi connectivity index (χ3n) is 4.97. The second-order valence-electron chi connectivity index (χ2n) is 7.27. The van der Waals surface area contributed by atoms with E-state index in [1.54, 1.807) is 0 Å². The zero-order valence-electron chi connectivity index (χ0n) is 14.3. The number of nitrogens with one attached hydrogen (secondary N) is 1. The maximum absolute atomic E-state index is 12.7. The normalized spacial score (nSPS) is 30.8. The Labute approximate surface area is 130 Å². The largest absolute Gasteiger partial charge is 0.324 e. The van der Waals surface area contributed by atoms with Crippen LogP contribution in [0.5, 0.6) is 0 Å². The maximum atomic E-state index is 12.7. The van der Waals surface area contributed by atoms with Gasteiger partial charge in [0.25, 0.3) is 0 Å². The van der Waals surface area contributed by atoms with E-state index >= 15 is 0 Å². The van der Waals surface area contributed by atoms with Crippen LogP contribution < -0.4 is 5.32 Å². The van der Waals surface area contributed by atoms with Crippen molar-refractivity contribution in [3.05, 3.63) is 0 Å². The summed E-state index contributed by atoms with van der Waals surface area (Å²) in [5, 5.41) is 3.60. The lowest BCUT2D eigenvalue weighted by molar-refractivity contribution is -0.131. The number of rotatable bonds is 7. The summed E-state index contributed by atoms with van der Waals surface area (Å²) >= 11 is 0. The highest BCUT2D eigenvalue weighted by molar-refractivity contribution is 5.84. The molecule has 2 aliphatic heterocycles. The van der Waals surface area contributed by atoms with Crippen molar-refractivity contribution in [1.82, 2.24) is 15.1 Å². The number of likely N-dealkylation sites (tertiary alicyclic amines) is 1. The van der Waals surface area contributed by atoms with Crippen LogP contribution in [-0.2, 0) is 4.79 Å². The van der Waals surface area contributed by atoms with Gasteiger partial charge in [-0.3, -0.25) is 10.1 Å². The number of likely N-dealkylation sites (N-methyl/N-ethyl adjacent to an activating group) is 1. The van der Waals surface area contributed by atoms with Crippen molar-refractivity contribution in [3.63, 3.8) is 0 Å². The van der Waals surface area contributed by atoms with Crippen LogP contribution in [0, 0.1) is 5.92 Å². The van der Waals surface area contributed by atoms with Gasteiger partial charge in [-0.2, -0.15) is 0 Å². The van der Waals surface area contributed by atoms with E-state index in [2.05, 4.69) is 42.9 Å². The van der Waals surface area contributed by atoms with Crippen molar-refractivity contribution < 1.29 is 4.79 Å². The van der Waals surface area contributed by atoms with Gasteiger partial charge in [0.05, 0.1) is 12.2 Å². The molecule has 0 radical (unpaired) electrons. The van der Waals surface area contributed by atoms with Crippen molar-refractivity contribution in [2.75, 3.05) is 20.1 Å². The summed E-state index contributed by atoms with van der Waals surface area (Å²) in [7, 11) is 2.19. The Hall–Kier alpha value is -0.610. The highest BCUT2D eigenvalue weighted by Gasteiger charge is 2.40. The average molecular weight is 295 g/mol. The first-order valence-corrected chi connectivity index (χ1v) is 8.79. The molecule has 21 heavy (non-hydrogen) atoms. The summed E-state index contributed by atoms with van der Waals surface area (Å²) in [4.78, 5) is 17.3. The van der Waals surface area contributed by atoms with Gasteiger partial charge in [-0.15, -0.1) is 0 Å². The van der Waals surface area contributed by atoms with Crippen molar-refractivity contribution >= 4 is 5.91 Å². The molecule has 1 N–H and O–H groups in total. The zero-order valence-corrected chi connectivity index (χ0v) is 14.3. The van der Waals surface area contributed by atoms with E-state index in [0.717, 1.165) is 32.2 Å². The third-order valence-corrected chi connectivity index (χ3v) is 4.97. The van der Waals surface area contributed by atoms with E-state index in [9.17, 15) is 4.79 Å². The number of amides is 1. The molecule has 1 amide bonds. The van der Waals surface area contributed by atoms with Crippen LogP contribution in [0.3, 0.4) is 0 Å². The van der Waals surface area contributed by atoms with E-state index in [1.807, 2.05) is 0 Å². The molecule has 0 aromatic heterocycles. The van der Waals surface area contributed by atoms with Crippen LogP contribution in [0.25, 0.3) is 0 Å². The minimum Gasteiger partial charge on any atom is -0.324 e. The smallest absolute Gasteiger partial charge is 0.241 e. The molecule has 4 nitrogen and oxygen atoms in total. The van der Waals surface area contributed by atoms with Gasteiger partial charge < -0.3 is 9.80 Å². The van der Waals surface area contributed by atoms with E-state index < -0.39 is 0 Å². The predicted molar refractivity (Wildman–Crippen MR) is 87.1 cm³/mol.